The van der Waals surface area contributed by atoms with E-state index in [1.54, 1.807) is 0 Å². The molecule has 0 spiro atoms. The number of fused-ring (bicyclic) bond motifs is 1. The molecule has 1 unspecified atom stereocenters. The molecule has 2 N–H and O–H groups in total. The summed E-state index contributed by atoms with van der Waals surface area (Å²) in [5.41, 5.74) is 2.78. The maximum absolute atomic E-state index is 12.1. The van der Waals surface area contributed by atoms with Gasteiger partial charge < -0.3 is 10.6 Å². The lowest BCUT2D eigenvalue weighted by molar-refractivity contribution is -0.126. The molecule has 0 aliphatic carbocycles. The highest BCUT2D eigenvalue weighted by Crippen LogP contribution is 2.20. The van der Waals surface area contributed by atoms with Crippen LogP contribution in [-0.2, 0) is 17.8 Å². The van der Waals surface area contributed by atoms with E-state index < -0.39 is 0 Å². The molecule has 1 aromatic rings. The van der Waals surface area contributed by atoms with Crippen molar-refractivity contribution >= 4 is 30.7 Å². The smallest absolute Gasteiger partial charge is 0.237 e. The SMILES string of the molecule is CNCCCNC(=O)C(C)N1CCc2ccccc2C1.Cl.Cl. The lowest BCUT2D eigenvalue weighted by Crippen LogP contribution is -2.47. The minimum Gasteiger partial charge on any atom is -0.355 e. The van der Waals surface area contributed by atoms with Crippen molar-refractivity contribution in [2.45, 2.75) is 32.4 Å². The summed E-state index contributed by atoms with van der Waals surface area (Å²) in [6, 6.07) is 8.46. The third-order valence-electron chi connectivity index (χ3n) is 3.99. The Morgan fingerprint density at radius 2 is 1.91 bits per heavy atom. The standard InChI is InChI=1S/C16H25N3O.2ClH/c1-13(16(20)18-10-5-9-17-2)19-11-8-14-6-3-4-7-15(14)12-19;;/h3-4,6-7,13,17H,5,8-12H2,1-2H3,(H,18,20);2*1H. The van der Waals surface area contributed by atoms with E-state index in [1.165, 1.54) is 11.1 Å². The largest absolute Gasteiger partial charge is 0.355 e. The third kappa shape index (κ3) is 5.76. The average Bonchev–Trinajstić information content (AvgIpc) is 2.50. The van der Waals surface area contributed by atoms with E-state index in [1.807, 2.05) is 14.0 Å². The number of amides is 1. The van der Waals surface area contributed by atoms with Gasteiger partial charge in [-0.2, -0.15) is 0 Å². The van der Waals surface area contributed by atoms with Gasteiger partial charge in [-0.3, -0.25) is 9.69 Å². The van der Waals surface area contributed by atoms with Crippen LogP contribution >= 0.6 is 24.8 Å². The first-order valence-corrected chi connectivity index (χ1v) is 7.45. The molecule has 2 rings (SSSR count). The van der Waals surface area contributed by atoms with E-state index >= 15 is 0 Å². The number of carbonyl (C=O) groups is 1. The number of nitrogens with one attached hydrogen (secondary N) is 2. The number of hydrogen-bond donors (Lipinski definition) is 2. The van der Waals surface area contributed by atoms with Gasteiger partial charge in [0, 0.05) is 19.6 Å². The van der Waals surface area contributed by atoms with Crippen LogP contribution in [0.1, 0.15) is 24.5 Å². The summed E-state index contributed by atoms with van der Waals surface area (Å²) in [6.45, 7) is 5.52. The molecule has 126 valence electrons. The predicted octanol–water partition coefficient (Wildman–Crippen LogP) is 2.00. The summed E-state index contributed by atoms with van der Waals surface area (Å²) >= 11 is 0. The molecule has 1 amide bonds. The molecule has 4 nitrogen and oxygen atoms in total. The Bertz CT molecular complexity index is 457. The molecule has 1 atom stereocenters. The summed E-state index contributed by atoms with van der Waals surface area (Å²) in [7, 11) is 1.93. The Hall–Kier alpha value is -0.810. The lowest BCUT2D eigenvalue weighted by Gasteiger charge is -2.32. The highest BCUT2D eigenvalue weighted by Gasteiger charge is 2.24. The van der Waals surface area contributed by atoms with E-state index in [9.17, 15) is 4.79 Å². The van der Waals surface area contributed by atoms with Crippen molar-refractivity contribution in [1.29, 1.82) is 0 Å². The number of nitrogens with zero attached hydrogens (tertiary/aromatic N) is 1. The molecule has 0 fully saturated rings. The van der Waals surface area contributed by atoms with Crippen molar-refractivity contribution in [2.75, 3.05) is 26.7 Å². The van der Waals surface area contributed by atoms with Crippen LogP contribution < -0.4 is 10.6 Å². The minimum atomic E-state index is -0.0575. The fourth-order valence-corrected chi connectivity index (χ4v) is 2.64. The zero-order valence-electron chi connectivity index (χ0n) is 13.3. The molecular formula is C16H27Cl2N3O. The van der Waals surface area contributed by atoms with Gasteiger partial charge in [-0.1, -0.05) is 24.3 Å². The van der Waals surface area contributed by atoms with Crippen LogP contribution in [0.25, 0.3) is 0 Å². The van der Waals surface area contributed by atoms with Crippen LogP contribution in [0, 0.1) is 0 Å². The van der Waals surface area contributed by atoms with Crippen molar-refractivity contribution in [1.82, 2.24) is 15.5 Å². The Kier molecular flexibility index (Phi) is 10.4. The molecule has 0 saturated heterocycles. The van der Waals surface area contributed by atoms with Gasteiger partial charge in [-0.15, -0.1) is 24.8 Å². The number of carbonyl (C=O) groups excluding carboxylic acids is 1. The zero-order valence-corrected chi connectivity index (χ0v) is 14.9. The fraction of sp³-hybridized carbons (Fsp3) is 0.562. The number of rotatable bonds is 6. The topological polar surface area (TPSA) is 44.4 Å². The maximum atomic E-state index is 12.1. The van der Waals surface area contributed by atoms with Gasteiger partial charge >= 0.3 is 0 Å². The molecule has 1 aromatic carbocycles. The molecule has 0 bridgehead atoms. The highest BCUT2D eigenvalue weighted by atomic mass is 35.5. The normalized spacial score (nSPS) is 15.0. The first-order valence-electron chi connectivity index (χ1n) is 7.45. The van der Waals surface area contributed by atoms with Crippen LogP contribution in [0.3, 0.4) is 0 Å². The van der Waals surface area contributed by atoms with Gasteiger partial charge in [0.25, 0.3) is 0 Å². The van der Waals surface area contributed by atoms with Crippen molar-refractivity contribution in [3.05, 3.63) is 35.4 Å². The second-order valence-corrected chi connectivity index (χ2v) is 5.41. The molecule has 1 aliphatic heterocycles. The summed E-state index contributed by atoms with van der Waals surface area (Å²) in [5.74, 6) is 0.139. The quantitative estimate of drug-likeness (QED) is 0.773. The molecule has 6 heteroatoms. The number of halogens is 2. The second-order valence-electron chi connectivity index (χ2n) is 5.41. The van der Waals surface area contributed by atoms with Gasteiger partial charge in [0.15, 0.2) is 0 Å². The van der Waals surface area contributed by atoms with Crippen LogP contribution in [0.4, 0.5) is 0 Å². The molecule has 0 saturated carbocycles. The Morgan fingerprint density at radius 3 is 2.59 bits per heavy atom. The van der Waals surface area contributed by atoms with E-state index in [0.29, 0.717) is 0 Å². The van der Waals surface area contributed by atoms with Gasteiger partial charge in [0.05, 0.1) is 6.04 Å². The zero-order chi connectivity index (χ0) is 14.4. The van der Waals surface area contributed by atoms with Crippen LogP contribution in [0.5, 0.6) is 0 Å². The first kappa shape index (κ1) is 21.2. The minimum absolute atomic E-state index is 0. The van der Waals surface area contributed by atoms with Gasteiger partial charge in [-0.05, 0) is 44.5 Å². The Morgan fingerprint density at radius 1 is 1.23 bits per heavy atom. The van der Waals surface area contributed by atoms with Gasteiger partial charge in [0.2, 0.25) is 5.91 Å². The number of hydrogen-bond acceptors (Lipinski definition) is 3. The van der Waals surface area contributed by atoms with Gasteiger partial charge in [-0.25, -0.2) is 0 Å². The maximum Gasteiger partial charge on any atom is 0.237 e. The monoisotopic (exact) mass is 347 g/mol. The average molecular weight is 348 g/mol. The molecule has 1 heterocycles. The Labute approximate surface area is 145 Å². The van der Waals surface area contributed by atoms with Crippen LogP contribution in [0.2, 0.25) is 0 Å². The van der Waals surface area contributed by atoms with E-state index in [2.05, 4.69) is 39.8 Å². The highest BCUT2D eigenvalue weighted by molar-refractivity contribution is 5.85. The number of benzene rings is 1. The molecule has 0 aromatic heterocycles. The summed E-state index contributed by atoms with van der Waals surface area (Å²) in [5, 5.41) is 6.10. The molecular weight excluding hydrogens is 321 g/mol. The molecule has 22 heavy (non-hydrogen) atoms. The second kappa shape index (κ2) is 10.8. The summed E-state index contributed by atoms with van der Waals surface area (Å²) in [4.78, 5) is 14.4. The molecule has 1 aliphatic rings. The van der Waals surface area contributed by atoms with Crippen molar-refractivity contribution < 1.29 is 4.79 Å². The van der Waals surface area contributed by atoms with E-state index in [-0.39, 0.29) is 36.8 Å². The summed E-state index contributed by atoms with van der Waals surface area (Å²) in [6.07, 6.45) is 2.01. The van der Waals surface area contributed by atoms with Gasteiger partial charge in [0.1, 0.15) is 0 Å². The van der Waals surface area contributed by atoms with Crippen LogP contribution in [-0.4, -0.2) is 43.5 Å². The van der Waals surface area contributed by atoms with Crippen molar-refractivity contribution in [3.63, 3.8) is 0 Å². The fourth-order valence-electron chi connectivity index (χ4n) is 2.64. The van der Waals surface area contributed by atoms with Crippen molar-refractivity contribution in [3.8, 4) is 0 Å². The predicted molar refractivity (Wildman–Crippen MR) is 96.1 cm³/mol. The summed E-state index contributed by atoms with van der Waals surface area (Å²) < 4.78 is 0. The van der Waals surface area contributed by atoms with Crippen molar-refractivity contribution in [2.24, 2.45) is 0 Å². The van der Waals surface area contributed by atoms with E-state index in [0.717, 1.165) is 39.0 Å². The third-order valence-corrected chi connectivity index (χ3v) is 3.99. The van der Waals surface area contributed by atoms with E-state index in [4.69, 9.17) is 0 Å². The molecule has 0 radical (unpaired) electrons. The Balaban J connectivity index is 0.00000220. The van der Waals surface area contributed by atoms with Crippen LogP contribution in [0.15, 0.2) is 24.3 Å². The lowest BCUT2D eigenvalue weighted by atomic mass is 9.99. The first-order chi connectivity index (χ1) is 9.72.